The van der Waals surface area contributed by atoms with Crippen LogP contribution in [0.4, 0.5) is 0 Å². The van der Waals surface area contributed by atoms with Crippen molar-refractivity contribution in [2.75, 3.05) is 0 Å². The minimum absolute atomic E-state index is 0.00204. The van der Waals surface area contributed by atoms with Crippen LogP contribution in [-0.4, -0.2) is 5.78 Å². The van der Waals surface area contributed by atoms with Gasteiger partial charge < -0.3 is 0 Å². The monoisotopic (exact) mass is 304 g/mol. The second kappa shape index (κ2) is 4.80. The predicted molar refractivity (Wildman–Crippen MR) is 93.4 cm³/mol. The molecule has 0 saturated heterocycles. The topological polar surface area (TPSA) is 17.1 Å². The molecule has 0 N–H and O–H groups in total. The lowest BCUT2D eigenvalue weighted by Crippen LogP contribution is -2.32. The van der Waals surface area contributed by atoms with Gasteiger partial charge in [0.15, 0.2) is 0 Å². The number of fused-ring (bicyclic) bond motifs is 1. The highest BCUT2D eigenvalue weighted by molar-refractivity contribution is 5.93. The summed E-state index contributed by atoms with van der Waals surface area (Å²) in [5.74, 6) is 1.37. The Morgan fingerprint density at radius 2 is 1.43 bits per heavy atom. The fourth-order valence-electron chi connectivity index (χ4n) is 5.23. The van der Waals surface area contributed by atoms with E-state index in [1.165, 1.54) is 11.1 Å². The number of Topliss-reactive ketones (excluding diaryl/α,β-unsaturated/α-hetero) is 1. The Morgan fingerprint density at radius 1 is 0.870 bits per heavy atom. The maximum atomic E-state index is 12.8. The van der Waals surface area contributed by atoms with Crippen LogP contribution in [0.2, 0.25) is 0 Å². The third-order valence-electron chi connectivity index (χ3n) is 6.06. The molecule has 0 bridgehead atoms. The molecule has 2 fully saturated rings. The zero-order valence-electron chi connectivity index (χ0n) is 14.1. The van der Waals surface area contributed by atoms with Crippen molar-refractivity contribution in [1.82, 2.24) is 0 Å². The Bertz CT molecular complexity index is 726. The summed E-state index contributed by atoms with van der Waals surface area (Å²) < 4.78 is 0. The van der Waals surface area contributed by atoms with Gasteiger partial charge in [-0.05, 0) is 22.5 Å². The molecule has 2 aliphatic rings. The molecule has 2 saturated carbocycles. The summed E-state index contributed by atoms with van der Waals surface area (Å²) in [5.41, 5.74) is 2.80. The molecule has 2 aliphatic carbocycles. The van der Waals surface area contributed by atoms with E-state index >= 15 is 0 Å². The van der Waals surface area contributed by atoms with Gasteiger partial charge in [0.25, 0.3) is 0 Å². The number of hydrogen-bond acceptors (Lipinski definition) is 1. The molecule has 2 aromatic rings. The summed E-state index contributed by atoms with van der Waals surface area (Å²) in [6.45, 7) is 6.87. The molecule has 0 radical (unpaired) electrons. The van der Waals surface area contributed by atoms with Crippen LogP contribution in [0.1, 0.15) is 44.2 Å². The molecule has 0 spiro atoms. The first-order chi connectivity index (χ1) is 11.0. The van der Waals surface area contributed by atoms with Gasteiger partial charge in [-0.15, -0.1) is 0 Å². The van der Waals surface area contributed by atoms with E-state index in [2.05, 4.69) is 81.4 Å². The number of rotatable bonds is 2. The first-order valence-corrected chi connectivity index (χ1v) is 8.60. The zero-order valence-corrected chi connectivity index (χ0v) is 14.1. The molecular formula is C22H24O. The average Bonchev–Trinajstić information content (AvgIpc) is 3.14. The van der Waals surface area contributed by atoms with Crippen molar-refractivity contribution in [2.24, 2.45) is 17.3 Å². The Morgan fingerprint density at radius 3 is 2.00 bits per heavy atom. The highest BCUT2D eigenvalue weighted by Gasteiger charge is 2.77. The van der Waals surface area contributed by atoms with Gasteiger partial charge in [-0.25, -0.2) is 0 Å². The van der Waals surface area contributed by atoms with E-state index < -0.39 is 0 Å². The van der Waals surface area contributed by atoms with Crippen LogP contribution in [-0.2, 0) is 10.2 Å². The van der Waals surface area contributed by atoms with Crippen LogP contribution in [0.25, 0.3) is 0 Å². The first-order valence-electron chi connectivity index (χ1n) is 8.60. The first kappa shape index (κ1) is 14.7. The standard InChI is InChI=1S/C22H24O/c1-21(2,3)18-14-17(23)20-19(15-10-6-4-7-11-15)22(18,20)16-12-8-5-9-13-16/h4-13,18-20H,14H2,1-3H3/t18-,19+,20-,22+/m1/s1. The molecule has 4 rings (SSSR count). The molecule has 4 atom stereocenters. The SMILES string of the molecule is CC(C)(C)[C@H]1CC(=O)[C@@H]2[C@H](c3ccccc3)[C@@]21c1ccccc1. The van der Waals surface area contributed by atoms with Crippen molar-refractivity contribution in [3.8, 4) is 0 Å². The number of carbonyl (C=O) groups is 1. The van der Waals surface area contributed by atoms with Gasteiger partial charge in [0.1, 0.15) is 5.78 Å². The predicted octanol–water partition coefficient (Wildman–Crippen LogP) is 4.97. The van der Waals surface area contributed by atoms with Gasteiger partial charge in [0.2, 0.25) is 0 Å². The molecule has 0 aliphatic heterocycles. The lowest BCUT2D eigenvalue weighted by atomic mass is 9.67. The lowest BCUT2D eigenvalue weighted by molar-refractivity contribution is -0.120. The van der Waals surface area contributed by atoms with E-state index in [0.29, 0.717) is 17.6 Å². The van der Waals surface area contributed by atoms with E-state index in [1.54, 1.807) is 0 Å². The third-order valence-corrected chi connectivity index (χ3v) is 6.06. The smallest absolute Gasteiger partial charge is 0.137 e. The lowest BCUT2D eigenvalue weighted by Gasteiger charge is -2.36. The summed E-state index contributed by atoms with van der Waals surface area (Å²) in [4.78, 5) is 12.8. The van der Waals surface area contributed by atoms with Crippen LogP contribution in [0.3, 0.4) is 0 Å². The molecule has 0 unspecified atom stereocenters. The highest BCUT2D eigenvalue weighted by atomic mass is 16.1. The molecule has 0 aromatic heterocycles. The van der Waals surface area contributed by atoms with E-state index in [1.807, 2.05) is 0 Å². The summed E-state index contributed by atoms with van der Waals surface area (Å²) in [6.07, 6.45) is 0.729. The molecule has 23 heavy (non-hydrogen) atoms. The molecular weight excluding hydrogens is 280 g/mol. The van der Waals surface area contributed by atoms with Crippen LogP contribution in [0.5, 0.6) is 0 Å². The molecule has 1 heteroatoms. The average molecular weight is 304 g/mol. The van der Waals surface area contributed by atoms with Crippen molar-refractivity contribution >= 4 is 5.78 Å². The molecule has 118 valence electrons. The van der Waals surface area contributed by atoms with Gasteiger partial charge in [-0.3, -0.25) is 4.79 Å². The zero-order chi connectivity index (χ0) is 16.2. The quantitative estimate of drug-likeness (QED) is 0.765. The van der Waals surface area contributed by atoms with Crippen LogP contribution in [0.15, 0.2) is 60.7 Å². The second-order valence-electron chi connectivity index (χ2n) is 8.25. The largest absolute Gasteiger partial charge is 0.299 e. The Balaban J connectivity index is 1.89. The fourth-order valence-corrected chi connectivity index (χ4v) is 5.23. The summed E-state index contributed by atoms with van der Waals surface area (Å²) in [7, 11) is 0. The van der Waals surface area contributed by atoms with E-state index in [4.69, 9.17) is 0 Å². The molecule has 0 heterocycles. The van der Waals surface area contributed by atoms with Gasteiger partial charge in [0.05, 0.1) is 0 Å². The van der Waals surface area contributed by atoms with Crippen molar-refractivity contribution in [3.05, 3.63) is 71.8 Å². The van der Waals surface area contributed by atoms with Gasteiger partial charge in [-0.1, -0.05) is 81.4 Å². The van der Waals surface area contributed by atoms with Gasteiger partial charge in [-0.2, -0.15) is 0 Å². The summed E-state index contributed by atoms with van der Waals surface area (Å²) in [5, 5.41) is 0. The normalized spacial score (nSPS) is 32.7. The van der Waals surface area contributed by atoms with Crippen molar-refractivity contribution < 1.29 is 4.79 Å². The molecule has 2 aromatic carbocycles. The van der Waals surface area contributed by atoms with Gasteiger partial charge >= 0.3 is 0 Å². The third kappa shape index (κ3) is 1.95. The maximum Gasteiger partial charge on any atom is 0.137 e. The Hall–Kier alpha value is -1.89. The van der Waals surface area contributed by atoms with Crippen molar-refractivity contribution in [3.63, 3.8) is 0 Å². The number of benzene rings is 2. The number of carbonyl (C=O) groups excluding carboxylic acids is 1. The van der Waals surface area contributed by atoms with Crippen LogP contribution in [0, 0.1) is 17.3 Å². The van der Waals surface area contributed by atoms with Crippen LogP contribution < -0.4 is 0 Å². The van der Waals surface area contributed by atoms with Crippen LogP contribution >= 0.6 is 0 Å². The Kier molecular flexibility index (Phi) is 3.07. The minimum atomic E-state index is -0.00204. The van der Waals surface area contributed by atoms with Crippen molar-refractivity contribution in [1.29, 1.82) is 0 Å². The molecule has 0 amide bonds. The van der Waals surface area contributed by atoms with E-state index in [-0.39, 0.29) is 16.7 Å². The summed E-state index contributed by atoms with van der Waals surface area (Å²) >= 11 is 0. The Labute approximate surface area is 138 Å². The van der Waals surface area contributed by atoms with E-state index in [9.17, 15) is 4.79 Å². The van der Waals surface area contributed by atoms with Gasteiger partial charge in [0, 0.05) is 23.7 Å². The fraction of sp³-hybridized carbons (Fsp3) is 0.409. The summed E-state index contributed by atoms with van der Waals surface area (Å²) in [6, 6.07) is 21.4. The second-order valence-corrected chi connectivity index (χ2v) is 8.25. The minimum Gasteiger partial charge on any atom is -0.299 e. The molecule has 1 nitrogen and oxygen atoms in total. The number of ketones is 1. The maximum absolute atomic E-state index is 12.8. The van der Waals surface area contributed by atoms with Crippen molar-refractivity contribution in [2.45, 2.75) is 38.5 Å². The number of hydrogen-bond donors (Lipinski definition) is 0. The highest BCUT2D eigenvalue weighted by Crippen LogP contribution is 2.76. The van der Waals surface area contributed by atoms with E-state index in [0.717, 1.165) is 6.42 Å².